The number of halogens is 2. The van der Waals surface area contributed by atoms with Crippen LogP contribution in [-0.4, -0.2) is 20.7 Å². The minimum Gasteiger partial charge on any atom is -0.396 e. The number of nitrogens with two attached hydrogens (primary N) is 1. The number of ketones is 1. The van der Waals surface area contributed by atoms with Crippen LogP contribution < -0.4 is 5.73 Å². The van der Waals surface area contributed by atoms with Crippen molar-refractivity contribution in [3.63, 3.8) is 0 Å². The maximum Gasteiger partial charge on any atom is 0.201 e. The van der Waals surface area contributed by atoms with Gasteiger partial charge in [-0.2, -0.15) is 0 Å². The molecule has 5 nitrogen and oxygen atoms in total. The van der Waals surface area contributed by atoms with Gasteiger partial charge in [-0.15, -0.1) is 0 Å². The van der Waals surface area contributed by atoms with Gasteiger partial charge in [-0.1, -0.05) is 0 Å². The van der Waals surface area contributed by atoms with Crippen molar-refractivity contribution in [3.8, 4) is 0 Å². The summed E-state index contributed by atoms with van der Waals surface area (Å²) in [5.74, 6) is -2.83. The van der Waals surface area contributed by atoms with Crippen molar-refractivity contribution in [3.05, 3.63) is 53.1 Å². The van der Waals surface area contributed by atoms with Gasteiger partial charge in [-0.25, -0.2) is 18.7 Å². The Balaban J connectivity index is 2.25. The molecule has 0 aliphatic rings. The molecule has 0 atom stereocenters. The van der Waals surface area contributed by atoms with E-state index in [0.717, 1.165) is 12.1 Å². The summed E-state index contributed by atoms with van der Waals surface area (Å²) >= 11 is 0. The van der Waals surface area contributed by atoms with E-state index in [2.05, 4.69) is 15.0 Å². The Morgan fingerprint density at radius 2 is 2.05 bits per heavy atom. The standard InChI is InChI=1S/C14H10F2N4O/c1-6-10-7(4-18-14(10)20-5-19-6)13(21)11-8(15)2-3-9(17)12(11)16/h2-5H,17H2,1H3,(H,18,19,20). The van der Waals surface area contributed by atoms with E-state index >= 15 is 0 Å². The van der Waals surface area contributed by atoms with Gasteiger partial charge >= 0.3 is 0 Å². The number of benzene rings is 1. The van der Waals surface area contributed by atoms with Crippen molar-refractivity contribution >= 4 is 22.5 Å². The Hall–Kier alpha value is -2.83. The summed E-state index contributed by atoms with van der Waals surface area (Å²) < 4.78 is 27.8. The maximum atomic E-state index is 14.0. The summed E-state index contributed by atoms with van der Waals surface area (Å²) in [5, 5.41) is 0.434. The normalized spacial score (nSPS) is 11.0. The predicted molar refractivity (Wildman–Crippen MR) is 72.8 cm³/mol. The summed E-state index contributed by atoms with van der Waals surface area (Å²) in [6, 6.07) is 2.04. The van der Waals surface area contributed by atoms with Crippen LogP contribution in [0.25, 0.3) is 11.0 Å². The number of nitrogens with zero attached hydrogens (tertiary/aromatic N) is 2. The van der Waals surface area contributed by atoms with Crippen LogP contribution in [0.15, 0.2) is 24.7 Å². The Bertz CT molecular complexity index is 873. The molecule has 1 aromatic carbocycles. The number of anilines is 1. The summed E-state index contributed by atoms with van der Waals surface area (Å²) in [6.07, 6.45) is 2.70. The first-order valence-electron chi connectivity index (χ1n) is 6.07. The number of carbonyl (C=O) groups is 1. The number of aromatic nitrogens is 3. The average molecular weight is 288 g/mol. The third kappa shape index (κ3) is 1.94. The van der Waals surface area contributed by atoms with Gasteiger partial charge in [0.05, 0.1) is 27.9 Å². The molecule has 0 radical (unpaired) electrons. The maximum absolute atomic E-state index is 14.0. The fraction of sp³-hybridized carbons (Fsp3) is 0.0714. The van der Waals surface area contributed by atoms with Gasteiger partial charge in [0.1, 0.15) is 17.8 Å². The topological polar surface area (TPSA) is 84.7 Å². The van der Waals surface area contributed by atoms with Crippen LogP contribution in [-0.2, 0) is 0 Å². The van der Waals surface area contributed by atoms with Crippen molar-refractivity contribution < 1.29 is 13.6 Å². The Kier molecular flexibility index (Phi) is 2.90. The largest absolute Gasteiger partial charge is 0.396 e. The Labute approximate surface area is 117 Å². The summed E-state index contributed by atoms with van der Waals surface area (Å²) in [4.78, 5) is 23.2. The molecule has 3 aromatic rings. The third-order valence-electron chi connectivity index (χ3n) is 3.25. The number of aryl methyl sites for hydroxylation is 1. The van der Waals surface area contributed by atoms with E-state index in [1.165, 1.54) is 12.5 Å². The van der Waals surface area contributed by atoms with E-state index in [0.29, 0.717) is 16.7 Å². The SMILES string of the molecule is Cc1ncnc2[nH]cc(C(=O)c3c(F)ccc(N)c3F)c12. The fourth-order valence-corrected chi connectivity index (χ4v) is 2.21. The molecule has 0 aliphatic heterocycles. The zero-order chi connectivity index (χ0) is 15.1. The highest BCUT2D eigenvalue weighted by molar-refractivity contribution is 6.16. The minimum atomic E-state index is -1.07. The number of hydrogen-bond acceptors (Lipinski definition) is 4. The molecule has 0 fully saturated rings. The average Bonchev–Trinajstić information content (AvgIpc) is 2.88. The second kappa shape index (κ2) is 4.62. The van der Waals surface area contributed by atoms with Crippen LogP contribution in [0.3, 0.4) is 0 Å². The molecule has 3 N–H and O–H groups in total. The van der Waals surface area contributed by atoms with Crippen molar-refractivity contribution in [2.75, 3.05) is 5.73 Å². The highest BCUT2D eigenvalue weighted by Gasteiger charge is 2.24. The monoisotopic (exact) mass is 288 g/mol. The highest BCUT2D eigenvalue weighted by atomic mass is 19.1. The lowest BCUT2D eigenvalue weighted by molar-refractivity contribution is 0.103. The Morgan fingerprint density at radius 3 is 2.81 bits per heavy atom. The molecular weight excluding hydrogens is 278 g/mol. The van der Waals surface area contributed by atoms with E-state index in [1.54, 1.807) is 6.92 Å². The van der Waals surface area contributed by atoms with E-state index in [-0.39, 0.29) is 11.3 Å². The molecule has 0 spiro atoms. The number of H-pyrrole nitrogens is 1. The molecule has 7 heteroatoms. The van der Waals surface area contributed by atoms with Crippen molar-refractivity contribution in [1.82, 2.24) is 15.0 Å². The van der Waals surface area contributed by atoms with Crippen LogP contribution in [0.5, 0.6) is 0 Å². The number of carbonyl (C=O) groups excluding carboxylic acids is 1. The smallest absolute Gasteiger partial charge is 0.201 e. The molecule has 0 unspecified atom stereocenters. The predicted octanol–water partition coefficient (Wildman–Crippen LogP) is 2.36. The lowest BCUT2D eigenvalue weighted by Gasteiger charge is -2.06. The first-order valence-corrected chi connectivity index (χ1v) is 6.07. The molecule has 0 amide bonds. The van der Waals surface area contributed by atoms with Crippen LogP contribution in [0.4, 0.5) is 14.5 Å². The fourth-order valence-electron chi connectivity index (χ4n) is 2.21. The number of hydrogen-bond donors (Lipinski definition) is 2. The van der Waals surface area contributed by atoms with Gasteiger partial charge < -0.3 is 10.7 Å². The van der Waals surface area contributed by atoms with Crippen molar-refractivity contribution in [1.29, 1.82) is 0 Å². The molecule has 2 aromatic heterocycles. The zero-order valence-electron chi connectivity index (χ0n) is 10.9. The van der Waals surface area contributed by atoms with E-state index in [1.807, 2.05) is 0 Å². The molecule has 21 heavy (non-hydrogen) atoms. The highest BCUT2D eigenvalue weighted by Crippen LogP contribution is 2.26. The minimum absolute atomic E-state index is 0.103. The lowest BCUT2D eigenvalue weighted by atomic mass is 10.0. The summed E-state index contributed by atoms with van der Waals surface area (Å²) in [5.41, 5.74) is 5.50. The van der Waals surface area contributed by atoms with Gasteiger partial charge in [0, 0.05) is 6.20 Å². The molecule has 3 rings (SSSR count). The van der Waals surface area contributed by atoms with Crippen LogP contribution >= 0.6 is 0 Å². The molecular formula is C14H10F2N4O. The van der Waals surface area contributed by atoms with Gasteiger partial charge in [0.2, 0.25) is 5.78 Å². The van der Waals surface area contributed by atoms with Crippen LogP contribution in [0.1, 0.15) is 21.6 Å². The van der Waals surface area contributed by atoms with Gasteiger partial charge in [0.15, 0.2) is 5.82 Å². The second-order valence-corrected chi connectivity index (χ2v) is 4.54. The Morgan fingerprint density at radius 1 is 1.29 bits per heavy atom. The zero-order valence-corrected chi connectivity index (χ0v) is 10.9. The van der Waals surface area contributed by atoms with E-state index < -0.39 is 23.0 Å². The number of fused-ring (bicyclic) bond motifs is 1. The van der Waals surface area contributed by atoms with E-state index in [4.69, 9.17) is 5.73 Å². The second-order valence-electron chi connectivity index (χ2n) is 4.54. The number of nitrogens with one attached hydrogen (secondary N) is 1. The first-order chi connectivity index (χ1) is 10.0. The molecule has 106 valence electrons. The van der Waals surface area contributed by atoms with Crippen LogP contribution in [0, 0.1) is 18.6 Å². The van der Waals surface area contributed by atoms with Crippen LogP contribution in [0.2, 0.25) is 0 Å². The number of rotatable bonds is 2. The van der Waals surface area contributed by atoms with Crippen molar-refractivity contribution in [2.24, 2.45) is 0 Å². The third-order valence-corrected chi connectivity index (χ3v) is 3.25. The summed E-state index contributed by atoms with van der Waals surface area (Å²) in [7, 11) is 0. The molecule has 0 aliphatic carbocycles. The molecule has 2 heterocycles. The first kappa shape index (κ1) is 13.2. The van der Waals surface area contributed by atoms with Gasteiger partial charge in [0.25, 0.3) is 0 Å². The quantitative estimate of drug-likeness (QED) is 0.560. The van der Waals surface area contributed by atoms with Crippen molar-refractivity contribution in [2.45, 2.75) is 6.92 Å². The lowest BCUT2D eigenvalue weighted by Crippen LogP contribution is -2.09. The van der Waals surface area contributed by atoms with Gasteiger partial charge in [-0.3, -0.25) is 4.79 Å². The molecule has 0 saturated carbocycles. The molecule has 0 bridgehead atoms. The number of aromatic amines is 1. The van der Waals surface area contributed by atoms with Gasteiger partial charge in [-0.05, 0) is 19.1 Å². The van der Waals surface area contributed by atoms with E-state index in [9.17, 15) is 13.6 Å². The summed E-state index contributed by atoms with van der Waals surface area (Å²) in [6.45, 7) is 1.68. The number of nitrogen functional groups attached to an aromatic ring is 1. The molecule has 0 saturated heterocycles.